The van der Waals surface area contributed by atoms with Crippen LogP contribution in [0.1, 0.15) is 29.6 Å². The third-order valence-electron chi connectivity index (χ3n) is 5.12. The Morgan fingerprint density at radius 2 is 2.00 bits per heavy atom. The van der Waals surface area contributed by atoms with E-state index < -0.39 is 6.36 Å². The van der Waals surface area contributed by atoms with Crippen LogP contribution in [0.3, 0.4) is 0 Å². The van der Waals surface area contributed by atoms with Crippen molar-refractivity contribution in [3.05, 3.63) is 47.8 Å². The lowest BCUT2D eigenvalue weighted by Gasteiger charge is -2.32. The van der Waals surface area contributed by atoms with E-state index in [-0.39, 0.29) is 29.6 Å². The summed E-state index contributed by atoms with van der Waals surface area (Å²) in [5, 5.41) is 4.14. The number of benzene rings is 1. The van der Waals surface area contributed by atoms with E-state index in [1.54, 1.807) is 23.0 Å². The van der Waals surface area contributed by atoms with Crippen LogP contribution >= 0.6 is 0 Å². The Morgan fingerprint density at radius 1 is 1.25 bits per heavy atom. The Balaban J connectivity index is 1.36. The molecule has 2 aromatic rings. The number of amides is 1. The lowest BCUT2D eigenvalue weighted by atomic mass is 10.1. The molecule has 3 atom stereocenters. The van der Waals surface area contributed by atoms with E-state index in [2.05, 4.69) is 9.84 Å². The highest BCUT2D eigenvalue weighted by Gasteiger charge is 2.46. The average molecular weight is 395 g/mol. The molecule has 0 N–H and O–H groups in total. The van der Waals surface area contributed by atoms with Crippen LogP contribution in [0.25, 0.3) is 0 Å². The van der Waals surface area contributed by atoms with Gasteiger partial charge in [-0.15, -0.1) is 13.2 Å². The molecule has 0 bridgehead atoms. The normalized spacial score (nSPS) is 24.9. The smallest absolute Gasteiger partial charge is 0.406 e. The Hall–Kier alpha value is -2.55. The molecule has 1 aliphatic heterocycles. The van der Waals surface area contributed by atoms with Gasteiger partial charge < -0.3 is 14.4 Å². The van der Waals surface area contributed by atoms with Gasteiger partial charge in [0, 0.05) is 31.3 Å². The van der Waals surface area contributed by atoms with Crippen molar-refractivity contribution in [3.8, 4) is 5.75 Å². The zero-order valence-corrected chi connectivity index (χ0v) is 15.2. The number of nitrogens with zero attached hydrogens (tertiary/aromatic N) is 3. The lowest BCUT2D eigenvalue weighted by molar-refractivity contribution is -0.274. The van der Waals surface area contributed by atoms with Gasteiger partial charge >= 0.3 is 6.36 Å². The topological polar surface area (TPSA) is 56.6 Å². The summed E-state index contributed by atoms with van der Waals surface area (Å²) >= 11 is 0. The molecule has 3 unspecified atom stereocenters. The SMILES string of the molecule is Cn1cc(C2CN(C(=O)C3CC3c3ccc(OC(F)(F)F)cc3)CCO2)cn1. The predicted molar refractivity (Wildman–Crippen MR) is 92.5 cm³/mol. The molecular formula is C19H20F3N3O3. The molecule has 9 heteroatoms. The van der Waals surface area contributed by atoms with Crippen molar-refractivity contribution in [2.45, 2.75) is 24.8 Å². The lowest BCUT2D eigenvalue weighted by Crippen LogP contribution is -2.43. The molecule has 1 aromatic carbocycles. The van der Waals surface area contributed by atoms with Gasteiger partial charge in [-0.1, -0.05) is 12.1 Å². The summed E-state index contributed by atoms with van der Waals surface area (Å²) in [5.41, 5.74) is 1.79. The van der Waals surface area contributed by atoms with Crippen LogP contribution in [0.4, 0.5) is 13.2 Å². The Labute approximate surface area is 159 Å². The number of carbonyl (C=O) groups excluding carboxylic acids is 1. The van der Waals surface area contributed by atoms with E-state index in [0.29, 0.717) is 26.1 Å². The summed E-state index contributed by atoms with van der Waals surface area (Å²) in [5.74, 6) is -0.292. The fourth-order valence-electron chi connectivity index (χ4n) is 3.65. The van der Waals surface area contributed by atoms with Gasteiger partial charge in [0.25, 0.3) is 0 Å². The van der Waals surface area contributed by atoms with Crippen LogP contribution in [0.2, 0.25) is 0 Å². The Morgan fingerprint density at radius 3 is 2.64 bits per heavy atom. The second-order valence-corrected chi connectivity index (χ2v) is 7.16. The van der Waals surface area contributed by atoms with Crippen molar-refractivity contribution in [1.29, 1.82) is 0 Å². The summed E-state index contributed by atoms with van der Waals surface area (Å²) in [4.78, 5) is 14.7. The molecular weight excluding hydrogens is 375 g/mol. The first-order chi connectivity index (χ1) is 13.3. The number of carbonyl (C=O) groups is 1. The van der Waals surface area contributed by atoms with Crippen molar-refractivity contribution < 1.29 is 27.4 Å². The summed E-state index contributed by atoms with van der Waals surface area (Å²) < 4.78 is 48.1. The fourth-order valence-corrected chi connectivity index (χ4v) is 3.65. The van der Waals surface area contributed by atoms with Crippen molar-refractivity contribution in [3.63, 3.8) is 0 Å². The van der Waals surface area contributed by atoms with E-state index >= 15 is 0 Å². The number of aromatic nitrogens is 2. The maximum absolute atomic E-state index is 12.9. The second-order valence-electron chi connectivity index (χ2n) is 7.16. The number of alkyl halides is 3. The zero-order chi connectivity index (χ0) is 19.9. The molecule has 1 saturated carbocycles. The van der Waals surface area contributed by atoms with Crippen molar-refractivity contribution in [2.75, 3.05) is 19.7 Å². The Bertz CT molecular complexity index is 850. The van der Waals surface area contributed by atoms with Gasteiger partial charge in [-0.2, -0.15) is 5.10 Å². The molecule has 2 aliphatic rings. The highest BCUT2D eigenvalue weighted by Crippen LogP contribution is 2.49. The quantitative estimate of drug-likeness (QED) is 0.799. The number of hydrogen-bond acceptors (Lipinski definition) is 4. The molecule has 150 valence electrons. The average Bonchev–Trinajstić information content (AvgIpc) is 3.33. The third-order valence-corrected chi connectivity index (χ3v) is 5.12. The molecule has 6 nitrogen and oxygen atoms in total. The van der Waals surface area contributed by atoms with E-state index in [0.717, 1.165) is 11.1 Å². The van der Waals surface area contributed by atoms with Crippen LogP contribution in [0, 0.1) is 5.92 Å². The minimum atomic E-state index is -4.71. The van der Waals surface area contributed by atoms with Gasteiger partial charge in [-0.3, -0.25) is 9.48 Å². The first-order valence-electron chi connectivity index (χ1n) is 9.05. The number of aryl methyl sites for hydroxylation is 1. The van der Waals surface area contributed by atoms with Gasteiger partial charge in [0.15, 0.2) is 0 Å². The molecule has 1 saturated heterocycles. The largest absolute Gasteiger partial charge is 0.573 e. The monoisotopic (exact) mass is 395 g/mol. The minimum Gasteiger partial charge on any atom is -0.406 e. The molecule has 0 radical (unpaired) electrons. The molecule has 1 amide bonds. The summed E-state index contributed by atoms with van der Waals surface area (Å²) in [7, 11) is 1.83. The first kappa shape index (κ1) is 18.8. The van der Waals surface area contributed by atoms with Gasteiger partial charge in [-0.05, 0) is 30.0 Å². The van der Waals surface area contributed by atoms with Gasteiger partial charge in [0.1, 0.15) is 11.9 Å². The van der Waals surface area contributed by atoms with E-state index in [1.165, 1.54) is 12.1 Å². The molecule has 0 spiro atoms. The molecule has 1 aliphatic carbocycles. The van der Waals surface area contributed by atoms with E-state index in [4.69, 9.17) is 4.74 Å². The summed E-state index contributed by atoms with van der Waals surface area (Å²) in [6, 6.07) is 5.76. The van der Waals surface area contributed by atoms with Crippen LogP contribution in [-0.2, 0) is 16.6 Å². The highest BCUT2D eigenvalue weighted by atomic mass is 19.4. The third kappa shape index (κ3) is 4.14. The Kier molecular flexibility index (Phi) is 4.78. The van der Waals surface area contributed by atoms with Crippen LogP contribution < -0.4 is 4.74 Å². The number of morpholine rings is 1. The van der Waals surface area contributed by atoms with Crippen LogP contribution in [-0.4, -0.2) is 46.6 Å². The van der Waals surface area contributed by atoms with Gasteiger partial charge in [0.05, 0.1) is 19.3 Å². The first-order valence-corrected chi connectivity index (χ1v) is 9.05. The van der Waals surface area contributed by atoms with Crippen molar-refractivity contribution in [2.24, 2.45) is 13.0 Å². The van der Waals surface area contributed by atoms with Gasteiger partial charge in [-0.25, -0.2) is 0 Å². The van der Waals surface area contributed by atoms with Crippen molar-refractivity contribution >= 4 is 5.91 Å². The molecule has 28 heavy (non-hydrogen) atoms. The fraction of sp³-hybridized carbons (Fsp3) is 0.474. The summed E-state index contributed by atoms with van der Waals surface area (Å²) in [6.45, 7) is 1.48. The standard InChI is InChI=1S/C19H20F3N3O3/c1-24-10-13(9-23-24)17-11-25(6-7-27-17)18(26)16-8-15(16)12-2-4-14(5-3-12)28-19(20,21)22/h2-5,9-10,15-17H,6-8,11H2,1H3. The molecule has 2 fully saturated rings. The number of rotatable bonds is 4. The maximum Gasteiger partial charge on any atom is 0.573 e. The van der Waals surface area contributed by atoms with E-state index in [1.807, 2.05) is 18.1 Å². The van der Waals surface area contributed by atoms with Crippen LogP contribution in [0.15, 0.2) is 36.7 Å². The van der Waals surface area contributed by atoms with E-state index in [9.17, 15) is 18.0 Å². The second kappa shape index (κ2) is 7.12. The highest BCUT2D eigenvalue weighted by molar-refractivity contribution is 5.83. The summed E-state index contributed by atoms with van der Waals surface area (Å²) in [6.07, 6.45) is -0.581. The maximum atomic E-state index is 12.9. The molecule has 2 heterocycles. The zero-order valence-electron chi connectivity index (χ0n) is 15.2. The minimum absolute atomic E-state index is 0.0344. The number of ether oxygens (including phenoxy) is 2. The van der Waals surface area contributed by atoms with Crippen molar-refractivity contribution in [1.82, 2.24) is 14.7 Å². The molecule has 1 aromatic heterocycles. The number of halogens is 3. The number of hydrogen-bond donors (Lipinski definition) is 0. The van der Waals surface area contributed by atoms with Crippen LogP contribution in [0.5, 0.6) is 5.75 Å². The molecule has 4 rings (SSSR count). The van der Waals surface area contributed by atoms with Gasteiger partial charge in [0.2, 0.25) is 5.91 Å². The predicted octanol–water partition coefficient (Wildman–Crippen LogP) is 3.02.